The van der Waals surface area contributed by atoms with E-state index in [-0.39, 0.29) is 5.91 Å². The number of aryl methyl sites for hydroxylation is 1. The van der Waals surface area contributed by atoms with Gasteiger partial charge in [-0.15, -0.1) is 0 Å². The first kappa shape index (κ1) is 15.4. The number of nitrogens with two attached hydrogens (primary N) is 1. The number of methoxy groups -OCH3 is 1. The van der Waals surface area contributed by atoms with Gasteiger partial charge in [0, 0.05) is 21.4 Å². The van der Waals surface area contributed by atoms with Crippen LogP contribution in [0, 0.1) is 13.8 Å². The van der Waals surface area contributed by atoms with E-state index in [0.29, 0.717) is 11.3 Å². The van der Waals surface area contributed by atoms with Crippen LogP contribution < -0.4 is 15.8 Å². The number of carbonyl (C=O) groups is 1. The Morgan fingerprint density at radius 2 is 1.95 bits per heavy atom. The molecule has 0 aromatic heterocycles. The van der Waals surface area contributed by atoms with E-state index in [2.05, 4.69) is 21.2 Å². The lowest BCUT2D eigenvalue weighted by Gasteiger charge is -2.12. The van der Waals surface area contributed by atoms with Crippen LogP contribution in [0.1, 0.15) is 21.5 Å². The third-order valence-electron chi connectivity index (χ3n) is 3.31. The molecule has 0 aliphatic heterocycles. The molecular weight excluding hydrogens is 332 g/mol. The molecule has 2 rings (SSSR count). The van der Waals surface area contributed by atoms with Crippen molar-refractivity contribution in [1.82, 2.24) is 0 Å². The number of benzene rings is 2. The molecule has 0 aliphatic carbocycles. The average Bonchev–Trinajstić information content (AvgIpc) is 2.43. The van der Waals surface area contributed by atoms with Gasteiger partial charge in [0.1, 0.15) is 5.75 Å². The van der Waals surface area contributed by atoms with E-state index in [1.54, 1.807) is 25.3 Å². The van der Waals surface area contributed by atoms with Crippen LogP contribution in [0.5, 0.6) is 5.75 Å². The predicted octanol–water partition coefficient (Wildman–Crippen LogP) is 3.91. The molecule has 0 saturated heterocycles. The van der Waals surface area contributed by atoms with E-state index in [1.807, 2.05) is 26.0 Å². The van der Waals surface area contributed by atoms with Gasteiger partial charge in [0.05, 0.1) is 7.11 Å². The second-order valence-electron chi connectivity index (χ2n) is 4.81. The maximum Gasteiger partial charge on any atom is 0.256 e. The largest absolute Gasteiger partial charge is 0.496 e. The van der Waals surface area contributed by atoms with E-state index in [1.165, 1.54) is 0 Å². The van der Waals surface area contributed by atoms with E-state index in [9.17, 15) is 4.79 Å². The van der Waals surface area contributed by atoms with Crippen LogP contribution in [-0.4, -0.2) is 13.0 Å². The van der Waals surface area contributed by atoms with Crippen molar-refractivity contribution in [3.63, 3.8) is 0 Å². The summed E-state index contributed by atoms with van der Waals surface area (Å²) in [4.78, 5) is 12.4. The number of nitrogens with one attached hydrogen (secondary N) is 1. The van der Waals surface area contributed by atoms with E-state index >= 15 is 0 Å². The van der Waals surface area contributed by atoms with Crippen molar-refractivity contribution in [3.8, 4) is 5.75 Å². The van der Waals surface area contributed by atoms with Crippen molar-refractivity contribution in [2.75, 3.05) is 18.2 Å². The summed E-state index contributed by atoms with van der Waals surface area (Å²) in [6, 6.07) is 9.04. The average molecular weight is 349 g/mol. The second kappa shape index (κ2) is 6.18. The summed E-state index contributed by atoms with van der Waals surface area (Å²) in [5.41, 5.74) is 9.47. The molecule has 0 unspecified atom stereocenters. The van der Waals surface area contributed by atoms with Gasteiger partial charge in [0.2, 0.25) is 0 Å². The number of ether oxygens (including phenoxy) is 1. The molecule has 2 aromatic rings. The van der Waals surface area contributed by atoms with Gasteiger partial charge in [-0.2, -0.15) is 0 Å². The molecule has 0 fully saturated rings. The van der Waals surface area contributed by atoms with Crippen molar-refractivity contribution in [2.24, 2.45) is 0 Å². The van der Waals surface area contributed by atoms with Crippen molar-refractivity contribution >= 4 is 33.2 Å². The molecular formula is C16H17BrN2O2. The van der Waals surface area contributed by atoms with Crippen molar-refractivity contribution < 1.29 is 9.53 Å². The number of nitrogen functional groups attached to an aromatic ring is 1. The highest BCUT2D eigenvalue weighted by molar-refractivity contribution is 9.10. The molecule has 2 aromatic carbocycles. The number of hydrogen-bond donors (Lipinski definition) is 2. The van der Waals surface area contributed by atoms with Gasteiger partial charge in [-0.3, -0.25) is 4.79 Å². The summed E-state index contributed by atoms with van der Waals surface area (Å²) in [6.45, 7) is 3.76. The Morgan fingerprint density at radius 1 is 1.24 bits per heavy atom. The summed E-state index contributed by atoms with van der Waals surface area (Å²) in [7, 11) is 1.62. The second-order valence-corrected chi connectivity index (χ2v) is 5.72. The van der Waals surface area contributed by atoms with Gasteiger partial charge in [-0.25, -0.2) is 0 Å². The topological polar surface area (TPSA) is 64.3 Å². The zero-order valence-electron chi connectivity index (χ0n) is 12.2. The molecule has 21 heavy (non-hydrogen) atoms. The fourth-order valence-corrected chi connectivity index (χ4v) is 2.57. The number of amides is 1. The number of carbonyl (C=O) groups excluding carboxylic acids is 1. The standard InChI is InChI=1S/C16H17BrN2O2/c1-9-6-12(4-5-15(9)21-3)19-16(20)13-7-11(17)8-14(18)10(13)2/h4-8H,18H2,1-3H3,(H,19,20). The lowest BCUT2D eigenvalue weighted by atomic mass is 10.1. The van der Waals surface area contributed by atoms with Gasteiger partial charge in [0.25, 0.3) is 5.91 Å². The Kier molecular flexibility index (Phi) is 4.53. The smallest absolute Gasteiger partial charge is 0.256 e. The highest BCUT2D eigenvalue weighted by Crippen LogP contribution is 2.25. The van der Waals surface area contributed by atoms with Crippen molar-refractivity contribution in [1.29, 1.82) is 0 Å². The van der Waals surface area contributed by atoms with Crippen LogP contribution in [0.4, 0.5) is 11.4 Å². The van der Waals surface area contributed by atoms with Crippen molar-refractivity contribution in [2.45, 2.75) is 13.8 Å². The first-order valence-corrected chi connectivity index (χ1v) is 7.23. The third-order valence-corrected chi connectivity index (χ3v) is 3.77. The molecule has 0 radical (unpaired) electrons. The molecule has 0 aliphatic rings. The minimum Gasteiger partial charge on any atom is -0.496 e. The predicted molar refractivity (Wildman–Crippen MR) is 89.0 cm³/mol. The molecule has 0 bridgehead atoms. The Morgan fingerprint density at radius 3 is 2.57 bits per heavy atom. The van der Waals surface area contributed by atoms with Crippen LogP contribution in [0.25, 0.3) is 0 Å². The maximum atomic E-state index is 12.4. The quantitative estimate of drug-likeness (QED) is 0.826. The summed E-state index contributed by atoms with van der Waals surface area (Å²) in [6.07, 6.45) is 0. The molecule has 0 atom stereocenters. The Labute approximate surface area is 132 Å². The summed E-state index contributed by atoms with van der Waals surface area (Å²) < 4.78 is 5.98. The van der Waals surface area contributed by atoms with Gasteiger partial charge in [-0.05, 0) is 55.3 Å². The van der Waals surface area contributed by atoms with Gasteiger partial charge >= 0.3 is 0 Å². The highest BCUT2D eigenvalue weighted by Gasteiger charge is 2.13. The highest BCUT2D eigenvalue weighted by atomic mass is 79.9. The minimum absolute atomic E-state index is 0.190. The van der Waals surface area contributed by atoms with Crippen LogP contribution in [-0.2, 0) is 0 Å². The Hall–Kier alpha value is -2.01. The molecule has 1 amide bonds. The molecule has 110 valence electrons. The minimum atomic E-state index is -0.190. The van der Waals surface area contributed by atoms with Gasteiger partial charge < -0.3 is 15.8 Å². The van der Waals surface area contributed by atoms with E-state index in [4.69, 9.17) is 10.5 Å². The van der Waals surface area contributed by atoms with E-state index in [0.717, 1.165) is 27.0 Å². The van der Waals surface area contributed by atoms with Crippen LogP contribution in [0.3, 0.4) is 0 Å². The maximum absolute atomic E-state index is 12.4. The molecule has 0 saturated carbocycles. The first-order chi connectivity index (χ1) is 9.92. The summed E-state index contributed by atoms with van der Waals surface area (Å²) in [5.74, 6) is 0.598. The lowest BCUT2D eigenvalue weighted by Crippen LogP contribution is -2.14. The van der Waals surface area contributed by atoms with Crippen LogP contribution in [0.15, 0.2) is 34.8 Å². The number of rotatable bonds is 3. The Bertz CT molecular complexity index is 699. The summed E-state index contributed by atoms with van der Waals surface area (Å²) in [5, 5.41) is 2.87. The lowest BCUT2D eigenvalue weighted by molar-refractivity contribution is 0.102. The SMILES string of the molecule is COc1ccc(NC(=O)c2cc(Br)cc(N)c2C)cc1C. The zero-order chi connectivity index (χ0) is 15.6. The zero-order valence-corrected chi connectivity index (χ0v) is 13.7. The van der Waals surface area contributed by atoms with Crippen LogP contribution >= 0.6 is 15.9 Å². The normalized spacial score (nSPS) is 10.3. The number of halogens is 1. The fourth-order valence-electron chi connectivity index (χ4n) is 2.09. The molecule has 4 nitrogen and oxygen atoms in total. The number of anilines is 2. The molecule has 0 heterocycles. The summed E-state index contributed by atoms with van der Waals surface area (Å²) >= 11 is 3.35. The monoisotopic (exact) mass is 348 g/mol. The van der Waals surface area contributed by atoms with Crippen LogP contribution in [0.2, 0.25) is 0 Å². The molecule has 0 spiro atoms. The van der Waals surface area contributed by atoms with E-state index < -0.39 is 0 Å². The third kappa shape index (κ3) is 3.36. The molecule has 5 heteroatoms. The fraction of sp³-hybridized carbons (Fsp3) is 0.188. The van der Waals surface area contributed by atoms with Gasteiger partial charge in [0.15, 0.2) is 0 Å². The number of hydrogen-bond acceptors (Lipinski definition) is 3. The first-order valence-electron chi connectivity index (χ1n) is 6.44. The van der Waals surface area contributed by atoms with Gasteiger partial charge in [-0.1, -0.05) is 15.9 Å². The van der Waals surface area contributed by atoms with Crippen molar-refractivity contribution in [3.05, 3.63) is 51.5 Å². The molecule has 3 N–H and O–H groups in total. The Balaban J connectivity index is 2.28.